The molecule has 33 heavy (non-hydrogen) atoms. The SMILES string of the molecule is Br.Cc1nn(CCc2nc(-c3ccc4ccccc4c3)cs2)c2[nH]c(=O)cc(C(F)(F)F)c12. The molecule has 10 heteroatoms. The van der Waals surface area contributed by atoms with Crippen LogP contribution in [0.15, 0.2) is 58.7 Å². The number of rotatable bonds is 4. The Hall–Kier alpha value is -2.98. The molecule has 2 aromatic carbocycles. The first-order valence-corrected chi connectivity index (χ1v) is 10.8. The molecule has 0 radical (unpaired) electrons. The van der Waals surface area contributed by atoms with E-state index >= 15 is 0 Å². The highest BCUT2D eigenvalue weighted by molar-refractivity contribution is 8.93. The fourth-order valence-corrected chi connectivity index (χ4v) is 4.68. The first-order valence-electron chi connectivity index (χ1n) is 9.91. The highest BCUT2D eigenvalue weighted by Gasteiger charge is 2.35. The Kier molecular flexibility index (Phi) is 6.15. The standard InChI is InChI=1S/C23H17F3N4OS.BrH/c1-13-21-17(23(24,25)26)11-19(31)28-22(21)30(29-13)9-8-20-27-18(12-32-20)16-7-6-14-4-2-3-5-15(14)10-16;/h2-7,10-12H,8-9H2,1H3,(H,28,31);1H. The number of pyridine rings is 1. The van der Waals surface area contributed by atoms with Crippen LogP contribution in [-0.4, -0.2) is 19.7 Å². The maximum Gasteiger partial charge on any atom is 0.417 e. The van der Waals surface area contributed by atoms with E-state index in [1.54, 1.807) is 0 Å². The molecule has 0 aliphatic rings. The molecule has 5 rings (SSSR count). The molecule has 0 aliphatic heterocycles. The summed E-state index contributed by atoms with van der Waals surface area (Å²) in [7, 11) is 0. The van der Waals surface area contributed by atoms with Crippen LogP contribution in [0.1, 0.15) is 16.3 Å². The second-order valence-electron chi connectivity index (χ2n) is 7.52. The van der Waals surface area contributed by atoms with E-state index in [2.05, 4.69) is 33.3 Å². The molecule has 0 unspecified atom stereocenters. The molecule has 1 N–H and O–H groups in total. The van der Waals surface area contributed by atoms with Crippen LogP contribution in [0, 0.1) is 6.92 Å². The van der Waals surface area contributed by atoms with Crippen molar-refractivity contribution < 1.29 is 13.2 Å². The van der Waals surface area contributed by atoms with Gasteiger partial charge in [-0.2, -0.15) is 18.3 Å². The van der Waals surface area contributed by atoms with Crippen LogP contribution in [0.5, 0.6) is 0 Å². The molecule has 5 nitrogen and oxygen atoms in total. The molecule has 0 saturated carbocycles. The minimum Gasteiger partial charge on any atom is -0.307 e. The van der Waals surface area contributed by atoms with Gasteiger partial charge in [-0.3, -0.25) is 4.79 Å². The fourth-order valence-electron chi connectivity index (χ4n) is 3.88. The second kappa shape index (κ2) is 8.75. The fraction of sp³-hybridized carbons (Fsp3) is 0.174. The first kappa shape index (κ1) is 23.2. The predicted molar refractivity (Wildman–Crippen MR) is 129 cm³/mol. The van der Waals surface area contributed by atoms with Crippen LogP contribution in [0.4, 0.5) is 13.2 Å². The van der Waals surface area contributed by atoms with Gasteiger partial charge in [-0.1, -0.05) is 36.4 Å². The summed E-state index contributed by atoms with van der Waals surface area (Å²) in [4.78, 5) is 19.0. The third kappa shape index (κ3) is 4.45. The number of H-pyrrole nitrogens is 1. The first-order chi connectivity index (χ1) is 15.3. The van der Waals surface area contributed by atoms with Gasteiger partial charge in [0.25, 0.3) is 0 Å². The van der Waals surface area contributed by atoms with E-state index < -0.39 is 17.3 Å². The van der Waals surface area contributed by atoms with Crippen molar-refractivity contribution in [2.75, 3.05) is 0 Å². The number of nitrogens with one attached hydrogen (secondary N) is 1. The van der Waals surface area contributed by atoms with Crippen molar-refractivity contribution in [2.24, 2.45) is 0 Å². The van der Waals surface area contributed by atoms with Gasteiger partial charge in [0.2, 0.25) is 5.56 Å². The largest absolute Gasteiger partial charge is 0.417 e. The summed E-state index contributed by atoms with van der Waals surface area (Å²) < 4.78 is 41.6. The Morgan fingerprint density at radius 2 is 1.85 bits per heavy atom. The lowest BCUT2D eigenvalue weighted by Gasteiger charge is -2.08. The lowest BCUT2D eigenvalue weighted by molar-refractivity contribution is -0.136. The van der Waals surface area contributed by atoms with Gasteiger partial charge in [0, 0.05) is 30.0 Å². The molecule has 3 heterocycles. The number of nitrogens with zero attached hydrogens (tertiary/aromatic N) is 3. The Balaban J connectivity index is 0.00000259. The van der Waals surface area contributed by atoms with E-state index in [4.69, 9.17) is 0 Å². The van der Waals surface area contributed by atoms with Gasteiger partial charge in [-0.05, 0) is 23.8 Å². The predicted octanol–water partition coefficient (Wildman–Crippen LogP) is 6.15. The molecule has 3 aromatic heterocycles. The Bertz CT molecular complexity index is 1520. The van der Waals surface area contributed by atoms with E-state index in [-0.39, 0.29) is 33.7 Å². The zero-order valence-corrected chi connectivity index (χ0v) is 19.8. The molecule has 5 aromatic rings. The second-order valence-corrected chi connectivity index (χ2v) is 8.46. The number of fused-ring (bicyclic) bond motifs is 2. The summed E-state index contributed by atoms with van der Waals surface area (Å²) in [6.07, 6.45) is -4.15. The minimum atomic E-state index is -4.63. The Morgan fingerprint density at radius 3 is 2.61 bits per heavy atom. The minimum absolute atomic E-state index is 0. The zero-order chi connectivity index (χ0) is 22.5. The molecule has 0 saturated heterocycles. The lowest BCUT2D eigenvalue weighted by atomic mass is 10.1. The van der Waals surface area contributed by atoms with Crippen molar-refractivity contribution in [3.63, 3.8) is 0 Å². The molecule has 0 aliphatic carbocycles. The molecule has 170 valence electrons. The van der Waals surface area contributed by atoms with Gasteiger partial charge in [-0.25, -0.2) is 9.67 Å². The van der Waals surface area contributed by atoms with Crippen LogP contribution >= 0.6 is 28.3 Å². The molecule has 0 amide bonds. The number of aromatic nitrogens is 4. The van der Waals surface area contributed by atoms with Gasteiger partial charge < -0.3 is 4.98 Å². The molecule has 0 fully saturated rings. The summed E-state index contributed by atoms with van der Waals surface area (Å²) in [5, 5.41) is 9.25. The smallest absolute Gasteiger partial charge is 0.307 e. The topological polar surface area (TPSA) is 63.6 Å². The number of hydrogen-bond acceptors (Lipinski definition) is 4. The number of benzene rings is 2. The van der Waals surface area contributed by atoms with Crippen molar-refractivity contribution in [2.45, 2.75) is 26.1 Å². The van der Waals surface area contributed by atoms with Gasteiger partial charge in [-0.15, -0.1) is 28.3 Å². The average molecular weight is 535 g/mol. The van der Waals surface area contributed by atoms with Crippen molar-refractivity contribution in [1.29, 1.82) is 0 Å². The summed E-state index contributed by atoms with van der Waals surface area (Å²) >= 11 is 1.49. The van der Waals surface area contributed by atoms with Crippen molar-refractivity contribution in [3.8, 4) is 11.3 Å². The summed E-state index contributed by atoms with van der Waals surface area (Å²) in [6.45, 7) is 1.81. The Labute approximate surface area is 200 Å². The monoisotopic (exact) mass is 534 g/mol. The van der Waals surface area contributed by atoms with E-state index in [1.807, 2.05) is 29.6 Å². The van der Waals surface area contributed by atoms with Crippen molar-refractivity contribution >= 4 is 50.1 Å². The number of halogens is 4. The van der Waals surface area contributed by atoms with E-state index in [0.29, 0.717) is 19.0 Å². The van der Waals surface area contributed by atoms with E-state index in [9.17, 15) is 18.0 Å². The molecule has 0 atom stereocenters. The number of aryl methyl sites for hydroxylation is 3. The highest BCUT2D eigenvalue weighted by Crippen LogP contribution is 2.34. The third-order valence-corrected chi connectivity index (χ3v) is 6.26. The normalized spacial score (nSPS) is 11.8. The van der Waals surface area contributed by atoms with Gasteiger partial charge in [0.15, 0.2) is 0 Å². The molecule has 0 bridgehead atoms. The van der Waals surface area contributed by atoms with Crippen LogP contribution in [0.25, 0.3) is 33.1 Å². The van der Waals surface area contributed by atoms with Crippen molar-refractivity contribution in [3.05, 3.63) is 80.5 Å². The Morgan fingerprint density at radius 1 is 1.09 bits per heavy atom. The molecule has 0 spiro atoms. The zero-order valence-electron chi connectivity index (χ0n) is 17.3. The summed E-state index contributed by atoms with van der Waals surface area (Å²) in [6, 6.07) is 14.8. The number of thiazole rings is 1. The van der Waals surface area contributed by atoms with Gasteiger partial charge in [0.05, 0.1) is 27.3 Å². The number of aromatic amines is 1. The summed E-state index contributed by atoms with van der Waals surface area (Å²) in [5.74, 6) is 0. The lowest BCUT2D eigenvalue weighted by Crippen LogP contribution is -2.15. The van der Waals surface area contributed by atoms with Gasteiger partial charge in [0.1, 0.15) is 5.65 Å². The quantitative estimate of drug-likeness (QED) is 0.300. The highest BCUT2D eigenvalue weighted by atomic mass is 79.9. The molecular weight excluding hydrogens is 517 g/mol. The number of alkyl halides is 3. The molecular formula is C23H18BrF3N4OS. The van der Waals surface area contributed by atoms with Crippen molar-refractivity contribution in [1.82, 2.24) is 19.7 Å². The van der Waals surface area contributed by atoms with Crippen LogP contribution < -0.4 is 5.56 Å². The average Bonchev–Trinajstić information content (AvgIpc) is 3.35. The van der Waals surface area contributed by atoms with Crippen LogP contribution in [0.3, 0.4) is 0 Å². The van der Waals surface area contributed by atoms with E-state index in [1.165, 1.54) is 22.9 Å². The maximum absolute atomic E-state index is 13.4. The number of hydrogen-bond donors (Lipinski definition) is 1. The van der Waals surface area contributed by atoms with E-state index in [0.717, 1.165) is 27.0 Å². The summed E-state index contributed by atoms with van der Waals surface area (Å²) in [5.41, 5.74) is 0.385. The maximum atomic E-state index is 13.4. The van der Waals surface area contributed by atoms with Crippen LogP contribution in [0.2, 0.25) is 0 Å². The third-order valence-electron chi connectivity index (χ3n) is 5.35. The van der Waals surface area contributed by atoms with Gasteiger partial charge >= 0.3 is 6.18 Å². The van der Waals surface area contributed by atoms with Crippen LogP contribution in [-0.2, 0) is 19.1 Å².